The molecule has 0 heterocycles. The molecule has 0 radical (unpaired) electrons. The summed E-state index contributed by atoms with van der Waals surface area (Å²) in [5.74, 6) is 0. The third-order valence-corrected chi connectivity index (χ3v) is 1.89. The fourth-order valence-corrected chi connectivity index (χ4v) is 0.701. The fourth-order valence-electron chi connectivity index (χ4n) is 0.469. The molecule has 0 saturated heterocycles. The molecule has 2 N–H and O–H groups in total. The van der Waals surface area contributed by atoms with E-state index >= 15 is 0 Å². The molecular formula is C6H16N2OS. The normalized spacial score (nSPS) is 13.5. The Morgan fingerprint density at radius 2 is 2.30 bits per heavy atom. The van der Waals surface area contributed by atoms with Crippen molar-refractivity contribution >= 4 is 11.8 Å². The first-order chi connectivity index (χ1) is 4.81. The molecule has 0 fully saturated rings. The molecule has 0 aromatic rings. The average molecular weight is 164 g/mol. The molecule has 0 aliphatic carbocycles. The molecule has 0 aliphatic heterocycles. The molecule has 0 rings (SSSR count). The predicted octanol–water partition coefficient (Wildman–Crippen LogP) is 0.436. The van der Waals surface area contributed by atoms with Crippen LogP contribution in [0, 0.1) is 0 Å². The maximum Gasteiger partial charge on any atom is 0.0997 e. The molecule has 0 amide bonds. The number of nitrogens with one attached hydrogen (secondary N) is 2. The lowest BCUT2D eigenvalue weighted by molar-refractivity contribution is 0.124. The Labute approximate surface area is 66.9 Å². The molecule has 0 saturated carbocycles. The highest BCUT2D eigenvalue weighted by molar-refractivity contribution is 7.99. The largest absolute Gasteiger partial charge is 0.367 e. The third-order valence-electron chi connectivity index (χ3n) is 1.09. The van der Waals surface area contributed by atoms with E-state index in [-0.39, 0.29) is 0 Å². The molecule has 4 heteroatoms. The van der Waals surface area contributed by atoms with Gasteiger partial charge in [-0.15, -0.1) is 11.8 Å². The zero-order chi connectivity index (χ0) is 7.82. The molecule has 1 atom stereocenters. The van der Waals surface area contributed by atoms with Crippen molar-refractivity contribution in [3.8, 4) is 0 Å². The van der Waals surface area contributed by atoms with Crippen LogP contribution in [0.1, 0.15) is 6.92 Å². The van der Waals surface area contributed by atoms with Crippen molar-refractivity contribution in [1.29, 1.82) is 0 Å². The lowest BCUT2D eigenvalue weighted by Gasteiger charge is -2.09. The number of ether oxygens (including phenoxy) is 1. The van der Waals surface area contributed by atoms with Gasteiger partial charge in [0.25, 0.3) is 0 Å². The summed E-state index contributed by atoms with van der Waals surface area (Å²) in [6.45, 7) is 3.65. The van der Waals surface area contributed by atoms with Crippen LogP contribution in [0.5, 0.6) is 0 Å². The summed E-state index contributed by atoms with van der Waals surface area (Å²) in [5, 5.41) is 0. The molecule has 0 bridgehead atoms. The summed E-state index contributed by atoms with van der Waals surface area (Å²) in [6.07, 6.45) is 2.04. The first-order valence-corrected chi connectivity index (χ1v) is 4.64. The average Bonchev–Trinajstić information content (AvgIpc) is 1.98. The van der Waals surface area contributed by atoms with E-state index in [1.165, 1.54) is 0 Å². The molecule has 0 aromatic carbocycles. The van der Waals surface area contributed by atoms with Crippen LogP contribution >= 0.6 is 11.8 Å². The van der Waals surface area contributed by atoms with Gasteiger partial charge in [-0.1, -0.05) is 0 Å². The Morgan fingerprint density at radius 1 is 1.60 bits per heavy atom. The van der Waals surface area contributed by atoms with Crippen molar-refractivity contribution in [3.63, 3.8) is 0 Å². The minimum Gasteiger partial charge on any atom is -0.367 e. The van der Waals surface area contributed by atoms with Gasteiger partial charge in [-0.05, 0) is 20.2 Å². The van der Waals surface area contributed by atoms with E-state index in [1.54, 1.807) is 11.8 Å². The maximum absolute atomic E-state index is 5.35. The molecule has 0 spiro atoms. The van der Waals surface area contributed by atoms with Crippen molar-refractivity contribution in [2.24, 2.45) is 0 Å². The number of rotatable bonds is 6. The second kappa shape index (κ2) is 7.34. The lowest BCUT2D eigenvalue weighted by atomic mass is 10.7. The van der Waals surface area contributed by atoms with Gasteiger partial charge in [-0.3, -0.25) is 10.9 Å². The quantitative estimate of drug-likeness (QED) is 0.339. The number of thioether (sulfide) groups is 1. The van der Waals surface area contributed by atoms with Crippen molar-refractivity contribution in [2.45, 2.75) is 12.4 Å². The summed E-state index contributed by atoms with van der Waals surface area (Å²) in [4.78, 5) is 0. The van der Waals surface area contributed by atoms with Gasteiger partial charge in [-0.25, -0.2) is 0 Å². The van der Waals surface area contributed by atoms with Gasteiger partial charge >= 0.3 is 0 Å². The third kappa shape index (κ3) is 6.35. The summed E-state index contributed by atoms with van der Waals surface area (Å²) in [7, 11) is 1.85. The standard InChI is InChI=1S/C6H16N2OS/c1-6(10-3)9-5-4-8-7-2/h6-8H,4-5H2,1-3H3/t6-/m1/s1. The molecule has 0 unspecified atom stereocenters. The highest BCUT2D eigenvalue weighted by atomic mass is 32.2. The van der Waals surface area contributed by atoms with Crippen molar-refractivity contribution in [1.82, 2.24) is 10.9 Å². The van der Waals surface area contributed by atoms with E-state index < -0.39 is 0 Å². The summed E-state index contributed by atoms with van der Waals surface area (Å²) in [6, 6.07) is 0. The molecular weight excluding hydrogens is 148 g/mol. The van der Waals surface area contributed by atoms with Gasteiger partial charge in [0, 0.05) is 6.54 Å². The van der Waals surface area contributed by atoms with Gasteiger partial charge in [0.2, 0.25) is 0 Å². The zero-order valence-corrected chi connectivity index (χ0v) is 7.62. The topological polar surface area (TPSA) is 33.3 Å². The smallest absolute Gasteiger partial charge is 0.0997 e. The summed E-state index contributed by atoms with van der Waals surface area (Å²) >= 11 is 1.71. The Kier molecular flexibility index (Phi) is 7.51. The highest BCUT2D eigenvalue weighted by Crippen LogP contribution is 2.04. The van der Waals surface area contributed by atoms with E-state index in [0.717, 1.165) is 13.2 Å². The first kappa shape index (κ1) is 10.2. The van der Waals surface area contributed by atoms with Gasteiger partial charge in [0.05, 0.1) is 12.0 Å². The second-order valence-electron chi connectivity index (χ2n) is 1.85. The van der Waals surface area contributed by atoms with E-state index in [2.05, 4.69) is 10.9 Å². The molecule has 62 valence electrons. The maximum atomic E-state index is 5.35. The molecule has 0 aromatic heterocycles. The van der Waals surface area contributed by atoms with Gasteiger partial charge in [-0.2, -0.15) is 0 Å². The monoisotopic (exact) mass is 164 g/mol. The van der Waals surface area contributed by atoms with E-state index in [1.807, 2.05) is 20.2 Å². The van der Waals surface area contributed by atoms with Crippen LogP contribution in [0.25, 0.3) is 0 Å². The van der Waals surface area contributed by atoms with Crippen molar-refractivity contribution in [2.75, 3.05) is 26.5 Å². The number of hydrogen-bond acceptors (Lipinski definition) is 4. The van der Waals surface area contributed by atoms with Crippen LogP contribution in [0.2, 0.25) is 0 Å². The van der Waals surface area contributed by atoms with Crippen LogP contribution in [0.3, 0.4) is 0 Å². The minimum absolute atomic E-state index is 0.304. The predicted molar refractivity (Wildman–Crippen MR) is 46.0 cm³/mol. The van der Waals surface area contributed by atoms with Crippen LogP contribution in [0.4, 0.5) is 0 Å². The Bertz CT molecular complexity index is 72.8. The summed E-state index contributed by atoms with van der Waals surface area (Å²) in [5.41, 5.74) is 6.07. The Hall–Kier alpha value is 0.230. The van der Waals surface area contributed by atoms with Gasteiger partial charge in [0.15, 0.2) is 0 Å². The van der Waals surface area contributed by atoms with Crippen LogP contribution in [-0.2, 0) is 4.74 Å². The zero-order valence-electron chi connectivity index (χ0n) is 6.81. The fraction of sp³-hybridized carbons (Fsp3) is 1.00. The minimum atomic E-state index is 0.304. The van der Waals surface area contributed by atoms with Crippen LogP contribution in [0.15, 0.2) is 0 Å². The molecule has 10 heavy (non-hydrogen) atoms. The second-order valence-corrected chi connectivity index (χ2v) is 2.99. The van der Waals surface area contributed by atoms with Crippen molar-refractivity contribution in [3.05, 3.63) is 0 Å². The first-order valence-electron chi connectivity index (χ1n) is 3.35. The Balaban J connectivity index is 2.89. The van der Waals surface area contributed by atoms with Gasteiger partial charge in [0.1, 0.15) is 0 Å². The van der Waals surface area contributed by atoms with Crippen LogP contribution in [-0.4, -0.2) is 31.9 Å². The lowest BCUT2D eigenvalue weighted by Crippen LogP contribution is -2.31. The van der Waals surface area contributed by atoms with E-state index in [0.29, 0.717) is 5.44 Å². The Morgan fingerprint density at radius 3 is 2.80 bits per heavy atom. The summed E-state index contributed by atoms with van der Waals surface area (Å²) < 4.78 is 5.35. The highest BCUT2D eigenvalue weighted by Gasteiger charge is 1.95. The number of hydrogen-bond donors (Lipinski definition) is 2. The number of hydrazine groups is 1. The van der Waals surface area contributed by atoms with E-state index in [4.69, 9.17) is 4.74 Å². The molecule has 0 aliphatic rings. The molecule has 3 nitrogen and oxygen atoms in total. The van der Waals surface area contributed by atoms with Crippen molar-refractivity contribution < 1.29 is 4.74 Å². The SMILES string of the molecule is CNNCCO[C@@H](C)SC. The van der Waals surface area contributed by atoms with Gasteiger partial charge < -0.3 is 4.74 Å². The van der Waals surface area contributed by atoms with Crippen LogP contribution < -0.4 is 10.9 Å². The van der Waals surface area contributed by atoms with E-state index in [9.17, 15) is 0 Å².